The fourth-order valence-electron chi connectivity index (χ4n) is 5.28. The maximum absolute atomic E-state index is 12.7. The van der Waals surface area contributed by atoms with E-state index in [1.54, 1.807) is 12.1 Å². The second kappa shape index (κ2) is 6.56. The first-order valence-electron chi connectivity index (χ1n) is 9.48. The maximum Gasteiger partial charge on any atom is 0.335 e. The lowest BCUT2D eigenvalue weighted by Gasteiger charge is -2.50. The Hall–Kier alpha value is -1.68. The van der Waals surface area contributed by atoms with E-state index in [9.17, 15) is 19.8 Å². The van der Waals surface area contributed by atoms with Crippen LogP contribution in [0.2, 0.25) is 0 Å². The van der Waals surface area contributed by atoms with Gasteiger partial charge in [-0.2, -0.15) is 0 Å². The third-order valence-electron chi connectivity index (χ3n) is 6.61. The normalized spacial score (nSPS) is 31.8. The molecule has 1 aromatic carbocycles. The minimum atomic E-state index is -0.997. The van der Waals surface area contributed by atoms with E-state index in [1.165, 1.54) is 0 Å². The molecule has 2 N–H and O–H groups in total. The Morgan fingerprint density at radius 2 is 2.04 bits per heavy atom. The first-order valence-corrected chi connectivity index (χ1v) is 9.48. The largest absolute Gasteiger partial charge is 0.478 e. The van der Waals surface area contributed by atoms with Crippen molar-refractivity contribution in [1.29, 1.82) is 0 Å². The zero-order valence-corrected chi connectivity index (χ0v) is 15.2. The van der Waals surface area contributed by atoms with Crippen LogP contribution in [0.4, 0.5) is 0 Å². The van der Waals surface area contributed by atoms with Gasteiger partial charge in [-0.25, -0.2) is 4.79 Å². The number of hydrogen-bond acceptors (Lipinski definition) is 3. The highest BCUT2D eigenvalue weighted by atomic mass is 16.4. The summed E-state index contributed by atoms with van der Waals surface area (Å²) in [5, 5.41) is 20.3. The molecule has 0 heterocycles. The van der Waals surface area contributed by atoms with Crippen molar-refractivity contribution in [2.75, 3.05) is 0 Å². The predicted molar refractivity (Wildman–Crippen MR) is 96.1 cm³/mol. The Morgan fingerprint density at radius 3 is 2.68 bits per heavy atom. The molecule has 0 aliphatic heterocycles. The number of carboxylic acids is 1. The molecule has 0 saturated heterocycles. The lowest BCUT2D eigenvalue weighted by molar-refractivity contribution is -0.0541. The van der Waals surface area contributed by atoms with Crippen molar-refractivity contribution in [3.05, 3.63) is 34.9 Å². The van der Waals surface area contributed by atoms with Crippen LogP contribution < -0.4 is 0 Å². The molecule has 0 amide bonds. The Morgan fingerprint density at radius 1 is 1.28 bits per heavy atom. The third-order valence-corrected chi connectivity index (χ3v) is 6.61. The number of carbonyl (C=O) groups excluding carboxylic acids is 1. The highest BCUT2D eigenvalue weighted by Gasteiger charge is 2.50. The van der Waals surface area contributed by atoms with Crippen LogP contribution in [0.5, 0.6) is 0 Å². The number of aromatic carboxylic acids is 1. The zero-order chi connectivity index (χ0) is 18.2. The van der Waals surface area contributed by atoms with Crippen LogP contribution in [0.3, 0.4) is 0 Å². The summed E-state index contributed by atoms with van der Waals surface area (Å²) in [7, 11) is 0. The van der Waals surface area contributed by atoms with Gasteiger partial charge in [-0.15, -0.1) is 0 Å². The Kier molecular flexibility index (Phi) is 4.76. The summed E-state index contributed by atoms with van der Waals surface area (Å²) >= 11 is 0. The second-order valence-corrected chi connectivity index (χ2v) is 7.91. The molecule has 0 aromatic heterocycles. The number of carboxylic acid groups (broad SMARTS) is 1. The summed E-state index contributed by atoms with van der Waals surface area (Å²) in [6.07, 6.45) is 6.23. The van der Waals surface area contributed by atoms with Crippen LogP contribution >= 0.6 is 0 Å². The van der Waals surface area contributed by atoms with E-state index in [-0.39, 0.29) is 22.7 Å². The molecule has 3 rings (SSSR count). The van der Waals surface area contributed by atoms with Crippen LogP contribution in [-0.4, -0.2) is 27.6 Å². The minimum absolute atomic E-state index is 0.0411. The van der Waals surface area contributed by atoms with E-state index in [2.05, 4.69) is 13.8 Å². The predicted octanol–water partition coefficient (Wildman–Crippen LogP) is 4.34. The van der Waals surface area contributed by atoms with Crippen molar-refractivity contribution in [2.45, 2.75) is 76.2 Å². The van der Waals surface area contributed by atoms with E-state index < -0.39 is 11.6 Å². The van der Waals surface area contributed by atoms with Crippen molar-refractivity contribution >= 4 is 11.8 Å². The zero-order valence-electron chi connectivity index (χ0n) is 15.2. The summed E-state index contributed by atoms with van der Waals surface area (Å²) in [6.45, 7) is 4.25. The summed E-state index contributed by atoms with van der Waals surface area (Å²) in [5.74, 6) is -0.689. The van der Waals surface area contributed by atoms with E-state index in [0.29, 0.717) is 12.0 Å². The molecule has 0 unspecified atom stereocenters. The van der Waals surface area contributed by atoms with Gasteiger partial charge in [0.15, 0.2) is 5.78 Å². The number of Topliss-reactive ketones (excluding diaryl/α,β-unsaturated/α-hetero) is 1. The smallest absolute Gasteiger partial charge is 0.335 e. The molecule has 1 saturated carbocycles. The molecular formula is C21H28O4. The van der Waals surface area contributed by atoms with E-state index in [1.807, 2.05) is 6.07 Å². The first kappa shape index (κ1) is 18.1. The van der Waals surface area contributed by atoms with Gasteiger partial charge in [0.2, 0.25) is 0 Å². The van der Waals surface area contributed by atoms with Crippen LogP contribution in [-0.2, 0) is 5.41 Å². The first-order chi connectivity index (χ1) is 11.8. The lowest BCUT2D eigenvalue weighted by Crippen LogP contribution is -2.47. The summed E-state index contributed by atoms with van der Waals surface area (Å²) < 4.78 is 0. The summed E-state index contributed by atoms with van der Waals surface area (Å²) in [6, 6.07) is 5.05. The van der Waals surface area contributed by atoms with Crippen LogP contribution in [0, 0.1) is 5.92 Å². The van der Waals surface area contributed by atoms with Crippen molar-refractivity contribution in [2.24, 2.45) is 5.92 Å². The fourth-order valence-corrected chi connectivity index (χ4v) is 5.28. The highest BCUT2D eigenvalue weighted by Crippen LogP contribution is 2.54. The molecule has 2 aliphatic carbocycles. The van der Waals surface area contributed by atoms with Crippen LogP contribution in [0.1, 0.15) is 91.5 Å². The van der Waals surface area contributed by atoms with Crippen LogP contribution in [0.25, 0.3) is 0 Å². The van der Waals surface area contributed by atoms with Crippen molar-refractivity contribution in [3.63, 3.8) is 0 Å². The molecule has 1 fully saturated rings. The van der Waals surface area contributed by atoms with Gasteiger partial charge < -0.3 is 10.2 Å². The second-order valence-electron chi connectivity index (χ2n) is 7.91. The standard InChI is InChI=1S/C21H28O4/c1-3-9-20(25)10-11-21(4-2)15(13-20)6-8-18(22)16-12-14(19(23)24)5-7-17(16)21/h5,7,12,15,25H,3-4,6,8-11,13H2,1-2H3,(H,23,24)/t15-,20+,21+/m1/s1. The molecule has 0 spiro atoms. The molecule has 1 aromatic rings. The SMILES string of the molecule is CCC[C@]1(O)CC[C@]2(CC)c3ccc(C(=O)O)cc3C(=O)CC[C@@H]2C1. The number of carbonyl (C=O) groups is 2. The number of hydrogen-bond donors (Lipinski definition) is 2. The average Bonchev–Trinajstić information content (AvgIpc) is 2.70. The van der Waals surface area contributed by atoms with Gasteiger partial charge in [-0.3, -0.25) is 4.79 Å². The van der Waals surface area contributed by atoms with Gasteiger partial charge in [-0.1, -0.05) is 26.3 Å². The van der Waals surface area contributed by atoms with Gasteiger partial charge in [0, 0.05) is 12.0 Å². The van der Waals surface area contributed by atoms with Gasteiger partial charge in [0.05, 0.1) is 11.2 Å². The fraction of sp³-hybridized carbons (Fsp3) is 0.619. The molecule has 2 aliphatic rings. The van der Waals surface area contributed by atoms with Crippen molar-refractivity contribution in [1.82, 2.24) is 0 Å². The number of benzene rings is 1. The topological polar surface area (TPSA) is 74.6 Å². The molecule has 4 heteroatoms. The lowest BCUT2D eigenvalue weighted by atomic mass is 9.56. The van der Waals surface area contributed by atoms with E-state index in [0.717, 1.165) is 50.5 Å². The maximum atomic E-state index is 12.7. The van der Waals surface area contributed by atoms with E-state index in [4.69, 9.17) is 0 Å². The van der Waals surface area contributed by atoms with Gasteiger partial charge in [0.25, 0.3) is 0 Å². The number of aliphatic hydroxyl groups is 1. The Labute approximate surface area is 149 Å². The molecule has 3 atom stereocenters. The molecule has 4 nitrogen and oxygen atoms in total. The summed E-state index contributed by atoms with van der Waals surface area (Å²) in [5.41, 5.74) is 1.02. The minimum Gasteiger partial charge on any atom is -0.478 e. The highest BCUT2D eigenvalue weighted by molar-refractivity contribution is 6.00. The number of fused-ring (bicyclic) bond motifs is 3. The molecule has 0 bridgehead atoms. The molecule has 0 radical (unpaired) electrons. The summed E-state index contributed by atoms with van der Waals surface area (Å²) in [4.78, 5) is 24.0. The molecule has 25 heavy (non-hydrogen) atoms. The van der Waals surface area contributed by atoms with Gasteiger partial charge in [-0.05, 0) is 67.6 Å². The number of rotatable bonds is 4. The van der Waals surface area contributed by atoms with Crippen molar-refractivity contribution < 1.29 is 19.8 Å². The third kappa shape index (κ3) is 3.01. The van der Waals surface area contributed by atoms with E-state index >= 15 is 0 Å². The number of ketones is 1. The molecule has 136 valence electrons. The van der Waals surface area contributed by atoms with Gasteiger partial charge >= 0.3 is 5.97 Å². The Balaban J connectivity index is 2.08. The molecular weight excluding hydrogens is 316 g/mol. The van der Waals surface area contributed by atoms with Gasteiger partial charge in [0.1, 0.15) is 0 Å². The van der Waals surface area contributed by atoms with Crippen molar-refractivity contribution in [3.8, 4) is 0 Å². The quantitative estimate of drug-likeness (QED) is 0.852. The average molecular weight is 344 g/mol. The van der Waals surface area contributed by atoms with Crippen LogP contribution in [0.15, 0.2) is 18.2 Å². The Bertz CT molecular complexity index is 695. The monoisotopic (exact) mass is 344 g/mol.